The molecule has 0 aliphatic heterocycles. The maximum absolute atomic E-state index is 13.9. The Labute approximate surface area is 185 Å². The Balaban J connectivity index is 2.05. The van der Waals surface area contributed by atoms with Crippen LogP contribution in [0.4, 0.5) is 8.78 Å². The fourth-order valence-corrected chi connectivity index (χ4v) is 3.07. The largest absolute Gasteiger partial charge is 0.487 e. The second-order valence-electron chi connectivity index (χ2n) is 6.67. The number of ether oxygens (including phenoxy) is 2. The van der Waals surface area contributed by atoms with Gasteiger partial charge in [-0.05, 0) is 30.3 Å². The highest BCUT2D eigenvalue weighted by atomic mass is 35.5. The van der Waals surface area contributed by atoms with Gasteiger partial charge in [0.1, 0.15) is 35.6 Å². The lowest BCUT2D eigenvalue weighted by atomic mass is 10.1. The average molecular weight is 463 g/mol. The number of pyridine rings is 1. The first-order chi connectivity index (χ1) is 15.2. The summed E-state index contributed by atoms with van der Waals surface area (Å²) in [5.41, 5.74) is 5.20. The van der Waals surface area contributed by atoms with Crippen LogP contribution in [0, 0.1) is 11.6 Å². The van der Waals surface area contributed by atoms with Crippen molar-refractivity contribution >= 4 is 23.5 Å². The Morgan fingerprint density at radius 2 is 1.84 bits per heavy atom. The topological polar surface area (TPSA) is 101 Å². The monoisotopic (exact) mass is 462 g/mol. The highest BCUT2D eigenvalue weighted by Crippen LogP contribution is 2.26. The molecule has 0 bridgehead atoms. The van der Waals surface area contributed by atoms with Gasteiger partial charge in [0, 0.05) is 35.9 Å². The summed E-state index contributed by atoms with van der Waals surface area (Å²) in [5, 5.41) is -0.330. The van der Waals surface area contributed by atoms with Gasteiger partial charge < -0.3 is 15.2 Å². The molecule has 2 aromatic carbocycles. The summed E-state index contributed by atoms with van der Waals surface area (Å²) in [6, 6.07) is 10.2. The van der Waals surface area contributed by atoms with Crippen LogP contribution in [0.5, 0.6) is 5.75 Å². The molecule has 3 aromatic rings. The Morgan fingerprint density at radius 1 is 1.09 bits per heavy atom. The predicted octanol–water partition coefficient (Wildman–Crippen LogP) is 3.51. The molecule has 0 unspecified atom stereocenters. The van der Waals surface area contributed by atoms with Gasteiger partial charge in [-0.3, -0.25) is 19.0 Å². The lowest BCUT2D eigenvalue weighted by Crippen LogP contribution is -2.24. The molecule has 0 fully saturated rings. The third kappa shape index (κ3) is 5.12. The van der Waals surface area contributed by atoms with Gasteiger partial charge in [-0.25, -0.2) is 8.78 Å². The predicted molar refractivity (Wildman–Crippen MR) is 112 cm³/mol. The minimum absolute atomic E-state index is 0.0438. The molecule has 7 nitrogen and oxygen atoms in total. The first-order valence-corrected chi connectivity index (χ1v) is 9.60. The molecule has 32 heavy (non-hydrogen) atoms. The van der Waals surface area contributed by atoms with Crippen LogP contribution in [0.3, 0.4) is 0 Å². The summed E-state index contributed by atoms with van der Waals surface area (Å²) in [6.07, 6.45) is 0. The van der Waals surface area contributed by atoms with Gasteiger partial charge >= 0.3 is 5.97 Å². The van der Waals surface area contributed by atoms with Crippen LogP contribution in [0.1, 0.15) is 28.5 Å². The van der Waals surface area contributed by atoms with Crippen molar-refractivity contribution < 1.29 is 27.8 Å². The van der Waals surface area contributed by atoms with Gasteiger partial charge in [-0.2, -0.15) is 0 Å². The number of hydrogen-bond donors (Lipinski definition) is 1. The second-order valence-corrected chi connectivity index (χ2v) is 7.05. The van der Waals surface area contributed by atoms with Gasteiger partial charge in [0.05, 0.1) is 5.69 Å². The summed E-state index contributed by atoms with van der Waals surface area (Å²) in [6.45, 7) is 0.546. The van der Waals surface area contributed by atoms with Crippen molar-refractivity contribution in [1.82, 2.24) is 4.57 Å². The van der Waals surface area contributed by atoms with Crippen molar-refractivity contribution in [2.24, 2.45) is 5.73 Å². The van der Waals surface area contributed by atoms with Crippen molar-refractivity contribution in [3.8, 4) is 11.4 Å². The summed E-state index contributed by atoms with van der Waals surface area (Å²) >= 11 is 6.21. The molecule has 166 valence electrons. The zero-order valence-electron chi connectivity index (χ0n) is 16.7. The van der Waals surface area contributed by atoms with Crippen LogP contribution in [0.25, 0.3) is 5.69 Å². The number of amides is 1. The number of carbonyl (C=O) groups is 2. The molecule has 10 heteroatoms. The summed E-state index contributed by atoms with van der Waals surface area (Å²) < 4.78 is 38.7. The highest BCUT2D eigenvalue weighted by molar-refractivity contribution is 6.31. The van der Waals surface area contributed by atoms with Crippen LogP contribution >= 0.6 is 11.6 Å². The van der Waals surface area contributed by atoms with E-state index in [-0.39, 0.29) is 46.5 Å². The number of halogens is 3. The molecule has 0 aliphatic rings. The van der Waals surface area contributed by atoms with Gasteiger partial charge in [-0.1, -0.05) is 17.7 Å². The lowest BCUT2D eigenvalue weighted by molar-refractivity contribution is -0.142. The molecule has 2 N–H and O–H groups in total. The SMILES string of the molecule is CC(=O)OCc1cc(OCc2ccc(F)cc2F)c(Cl)c(=O)n1-c1cccc(C(N)=O)c1. The van der Waals surface area contributed by atoms with Crippen LogP contribution in [-0.4, -0.2) is 16.4 Å². The number of nitrogens with zero attached hydrogens (tertiary/aromatic N) is 1. The zero-order chi connectivity index (χ0) is 23.4. The minimum atomic E-state index is -0.821. The molecule has 0 saturated heterocycles. The van der Waals surface area contributed by atoms with E-state index in [4.69, 9.17) is 26.8 Å². The fourth-order valence-electron chi connectivity index (χ4n) is 2.88. The van der Waals surface area contributed by atoms with E-state index in [1.54, 1.807) is 0 Å². The number of carbonyl (C=O) groups excluding carboxylic acids is 2. The molecular weight excluding hydrogens is 446 g/mol. The second kappa shape index (κ2) is 9.61. The summed E-state index contributed by atoms with van der Waals surface area (Å²) in [4.78, 5) is 35.9. The van der Waals surface area contributed by atoms with E-state index < -0.39 is 29.1 Å². The first kappa shape index (κ1) is 23.0. The Morgan fingerprint density at radius 3 is 2.50 bits per heavy atom. The first-order valence-electron chi connectivity index (χ1n) is 9.22. The van der Waals surface area contributed by atoms with Crippen molar-refractivity contribution in [3.63, 3.8) is 0 Å². The third-order valence-electron chi connectivity index (χ3n) is 4.40. The standard InChI is InChI=1S/C22H17ClF2N2O5/c1-12(28)31-11-17-9-19(32-10-14-5-6-15(24)8-18(14)25)20(23)22(30)27(17)16-4-2-3-13(7-16)21(26)29/h2-9H,10-11H2,1H3,(H2,26,29). The van der Waals surface area contributed by atoms with Crippen molar-refractivity contribution in [1.29, 1.82) is 0 Å². The van der Waals surface area contributed by atoms with E-state index in [9.17, 15) is 23.2 Å². The normalized spacial score (nSPS) is 10.6. The quantitative estimate of drug-likeness (QED) is 0.541. The van der Waals surface area contributed by atoms with Crippen molar-refractivity contribution in [2.75, 3.05) is 0 Å². The number of rotatable bonds is 7. The van der Waals surface area contributed by atoms with E-state index in [1.165, 1.54) is 43.3 Å². The molecule has 0 spiro atoms. The molecule has 0 radical (unpaired) electrons. The molecule has 3 rings (SSSR count). The molecule has 1 heterocycles. The fraction of sp³-hybridized carbons (Fsp3) is 0.136. The summed E-state index contributed by atoms with van der Waals surface area (Å²) in [7, 11) is 0. The van der Waals surface area contributed by atoms with Gasteiger partial charge in [-0.15, -0.1) is 0 Å². The zero-order valence-corrected chi connectivity index (χ0v) is 17.5. The van der Waals surface area contributed by atoms with Crippen LogP contribution in [0.2, 0.25) is 5.02 Å². The number of nitrogens with two attached hydrogens (primary N) is 1. The minimum Gasteiger partial charge on any atom is -0.487 e. The van der Waals surface area contributed by atoms with Gasteiger partial charge in [0.25, 0.3) is 5.56 Å². The number of esters is 1. The molecular formula is C22H17ClF2N2O5. The van der Waals surface area contributed by atoms with Crippen molar-refractivity contribution in [3.05, 3.63) is 92.4 Å². The van der Waals surface area contributed by atoms with Crippen LogP contribution in [0.15, 0.2) is 53.3 Å². The third-order valence-corrected chi connectivity index (χ3v) is 4.75. The lowest BCUT2D eigenvalue weighted by Gasteiger charge is -2.17. The molecule has 1 aromatic heterocycles. The van der Waals surface area contributed by atoms with Crippen LogP contribution in [-0.2, 0) is 22.7 Å². The smallest absolute Gasteiger partial charge is 0.303 e. The van der Waals surface area contributed by atoms with Gasteiger partial charge in [0.2, 0.25) is 5.91 Å². The Bertz CT molecular complexity index is 1260. The number of primary amides is 1. The number of benzene rings is 2. The molecule has 1 amide bonds. The van der Waals surface area contributed by atoms with Crippen LogP contribution < -0.4 is 16.0 Å². The maximum atomic E-state index is 13.9. The summed E-state index contributed by atoms with van der Waals surface area (Å²) in [5.74, 6) is -2.95. The average Bonchev–Trinajstić information content (AvgIpc) is 2.74. The van der Waals surface area contributed by atoms with E-state index >= 15 is 0 Å². The molecule has 0 aliphatic carbocycles. The van der Waals surface area contributed by atoms with Crippen molar-refractivity contribution in [2.45, 2.75) is 20.1 Å². The van der Waals surface area contributed by atoms with E-state index in [1.807, 2.05) is 0 Å². The maximum Gasteiger partial charge on any atom is 0.303 e. The number of hydrogen-bond acceptors (Lipinski definition) is 5. The Kier molecular flexibility index (Phi) is 6.89. The Hall–Kier alpha value is -3.72. The van der Waals surface area contributed by atoms with E-state index in [2.05, 4.69) is 0 Å². The van der Waals surface area contributed by atoms with Gasteiger partial charge in [0.15, 0.2) is 0 Å². The van der Waals surface area contributed by atoms with E-state index in [0.717, 1.165) is 10.6 Å². The number of aromatic nitrogens is 1. The highest BCUT2D eigenvalue weighted by Gasteiger charge is 2.18. The van der Waals surface area contributed by atoms with E-state index in [0.29, 0.717) is 6.07 Å². The molecule has 0 saturated carbocycles. The molecule has 0 atom stereocenters.